The molecule has 0 spiro atoms. The fourth-order valence-electron chi connectivity index (χ4n) is 3.64. The van der Waals surface area contributed by atoms with Crippen LogP contribution in [0.2, 0.25) is 0 Å². The monoisotopic (exact) mass is 383 g/mol. The van der Waals surface area contributed by atoms with Crippen LogP contribution in [-0.4, -0.2) is 32.7 Å². The van der Waals surface area contributed by atoms with E-state index in [9.17, 15) is 0 Å². The second-order valence-electron chi connectivity index (χ2n) is 7.07. The van der Waals surface area contributed by atoms with E-state index in [0.29, 0.717) is 28.7 Å². The van der Waals surface area contributed by atoms with Gasteiger partial charge in [-0.25, -0.2) is 19.6 Å². The zero-order valence-corrected chi connectivity index (χ0v) is 15.9. The van der Waals surface area contributed by atoms with Crippen LogP contribution in [0.1, 0.15) is 50.1 Å². The maximum Gasteiger partial charge on any atom is 0.251 e. The predicted octanol–water partition coefficient (Wildman–Crippen LogP) is 2.60. The van der Waals surface area contributed by atoms with Gasteiger partial charge in [0, 0.05) is 6.54 Å². The summed E-state index contributed by atoms with van der Waals surface area (Å²) in [6, 6.07) is 0. The number of nitrogens with zero attached hydrogens (tertiary/aromatic N) is 7. The van der Waals surface area contributed by atoms with Gasteiger partial charge in [-0.2, -0.15) is 10.2 Å². The number of nitrogens with two attached hydrogens (primary N) is 1. The molecule has 0 amide bonds. The zero-order valence-electron chi connectivity index (χ0n) is 15.9. The summed E-state index contributed by atoms with van der Waals surface area (Å²) in [6.07, 6.45) is 6.71. The molecule has 0 aromatic carbocycles. The number of rotatable bonds is 4. The van der Waals surface area contributed by atoms with Gasteiger partial charge in [0.1, 0.15) is 12.3 Å². The minimum Gasteiger partial charge on any atom is -0.382 e. The first kappa shape index (κ1) is 18.5. The molecule has 11 heteroatoms. The van der Waals surface area contributed by atoms with Crippen molar-refractivity contribution >= 4 is 23.0 Å². The maximum atomic E-state index is 7.40. The van der Waals surface area contributed by atoms with Crippen LogP contribution in [0.25, 0.3) is 4.85 Å². The van der Waals surface area contributed by atoms with Crippen LogP contribution in [0.15, 0.2) is 16.4 Å². The average Bonchev–Trinajstić information content (AvgIpc) is 3.28. The highest BCUT2D eigenvalue weighted by Gasteiger charge is 2.23. The van der Waals surface area contributed by atoms with E-state index < -0.39 is 0 Å². The van der Waals surface area contributed by atoms with Crippen LogP contribution >= 0.6 is 0 Å². The molecule has 2 atom stereocenters. The summed E-state index contributed by atoms with van der Waals surface area (Å²) in [4.78, 5) is 3.52. The normalized spacial score (nSPS) is 23.1. The SMILES string of the molecule is [C-]#[N+]c1cnn(C2CCCNN2)c1N=Nc1c(C)nn(C2CCCCN2)c1N. The van der Waals surface area contributed by atoms with E-state index >= 15 is 0 Å². The van der Waals surface area contributed by atoms with Gasteiger partial charge in [-0.15, -0.1) is 10.2 Å². The zero-order chi connectivity index (χ0) is 19.5. The van der Waals surface area contributed by atoms with Crippen molar-refractivity contribution < 1.29 is 0 Å². The molecule has 4 rings (SSSR count). The van der Waals surface area contributed by atoms with Gasteiger partial charge in [-0.1, -0.05) is 0 Å². The lowest BCUT2D eigenvalue weighted by Crippen LogP contribution is -2.43. The van der Waals surface area contributed by atoms with Crippen molar-refractivity contribution in [3.8, 4) is 0 Å². The molecule has 0 saturated carbocycles. The van der Waals surface area contributed by atoms with E-state index in [1.54, 1.807) is 9.36 Å². The van der Waals surface area contributed by atoms with Crippen LogP contribution in [0.3, 0.4) is 0 Å². The molecule has 28 heavy (non-hydrogen) atoms. The molecule has 11 nitrogen and oxygen atoms in total. The molecule has 2 unspecified atom stereocenters. The number of anilines is 1. The van der Waals surface area contributed by atoms with Crippen molar-refractivity contribution in [2.45, 2.75) is 51.4 Å². The van der Waals surface area contributed by atoms with Crippen molar-refractivity contribution in [1.82, 2.24) is 35.7 Å². The Balaban J connectivity index is 1.63. The highest BCUT2D eigenvalue weighted by atomic mass is 15.5. The smallest absolute Gasteiger partial charge is 0.251 e. The van der Waals surface area contributed by atoms with Crippen LogP contribution in [0.5, 0.6) is 0 Å². The first-order valence-corrected chi connectivity index (χ1v) is 9.62. The van der Waals surface area contributed by atoms with Gasteiger partial charge >= 0.3 is 0 Å². The Bertz CT molecular complexity index is 891. The van der Waals surface area contributed by atoms with Crippen molar-refractivity contribution in [2.75, 3.05) is 18.8 Å². The van der Waals surface area contributed by atoms with Gasteiger partial charge in [0.25, 0.3) is 5.69 Å². The van der Waals surface area contributed by atoms with Crippen molar-refractivity contribution in [3.05, 3.63) is 23.3 Å². The summed E-state index contributed by atoms with van der Waals surface area (Å²) in [6.45, 7) is 11.1. The lowest BCUT2D eigenvalue weighted by Gasteiger charge is -2.25. The second-order valence-corrected chi connectivity index (χ2v) is 7.07. The standard InChI is InChI=1S/C17H25N11/c1-11-15(16(18)27(26-11)13-6-3-4-8-20-13)24-25-17-12(19-2)10-22-28(17)14-7-5-9-21-23-14/h10,13-14,20-21,23H,3-9,18H2,1H3. The Hall–Kier alpha value is -2.81. The minimum absolute atomic E-state index is 0.0780. The molecule has 4 heterocycles. The molecular formula is C17H25N11. The number of nitrogens with one attached hydrogen (secondary N) is 3. The molecule has 2 aromatic rings. The molecule has 0 aliphatic carbocycles. The summed E-state index contributed by atoms with van der Waals surface area (Å²) in [5.74, 6) is 0.895. The number of aromatic nitrogens is 4. The number of nitrogen functional groups attached to an aromatic ring is 1. The van der Waals surface area contributed by atoms with E-state index in [0.717, 1.165) is 45.2 Å². The fourth-order valence-corrected chi connectivity index (χ4v) is 3.64. The first-order valence-electron chi connectivity index (χ1n) is 9.62. The van der Waals surface area contributed by atoms with Crippen LogP contribution in [-0.2, 0) is 0 Å². The minimum atomic E-state index is -0.0780. The highest BCUT2D eigenvalue weighted by molar-refractivity contribution is 5.64. The molecule has 2 fully saturated rings. The number of hydrazine groups is 1. The highest BCUT2D eigenvalue weighted by Crippen LogP contribution is 2.35. The summed E-state index contributed by atoms with van der Waals surface area (Å²) in [7, 11) is 0. The second kappa shape index (κ2) is 8.05. The molecule has 5 N–H and O–H groups in total. The summed E-state index contributed by atoms with van der Waals surface area (Å²) in [5.41, 5.74) is 14.2. The Morgan fingerprint density at radius 2 is 2.04 bits per heavy atom. The van der Waals surface area contributed by atoms with Gasteiger partial charge in [-0.05, 0) is 45.6 Å². The third-order valence-corrected chi connectivity index (χ3v) is 5.13. The first-order chi connectivity index (χ1) is 13.7. The van der Waals surface area contributed by atoms with Gasteiger partial charge in [0.05, 0.1) is 18.5 Å². The van der Waals surface area contributed by atoms with Gasteiger partial charge in [0.2, 0.25) is 0 Å². The number of hydrogen-bond acceptors (Lipinski definition) is 8. The van der Waals surface area contributed by atoms with Crippen LogP contribution in [0.4, 0.5) is 23.0 Å². The number of azo groups is 1. The fraction of sp³-hybridized carbons (Fsp3) is 0.588. The van der Waals surface area contributed by atoms with E-state index in [2.05, 4.69) is 41.4 Å². The van der Waals surface area contributed by atoms with Crippen LogP contribution < -0.4 is 21.9 Å². The van der Waals surface area contributed by atoms with Gasteiger partial charge in [0.15, 0.2) is 17.3 Å². The molecule has 148 valence electrons. The van der Waals surface area contributed by atoms with Crippen molar-refractivity contribution in [2.24, 2.45) is 10.2 Å². The largest absolute Gasteiger partial charge is 0.382 e. The molecular weight excluding hydrogens is 358 g/mol. The lowest BCUT2D eigenvalue weighted by molar-refractivity contribution is 0.258. The van der Waals surface area contributed by atoms with E-state index in [1.165, 1.54) is 6.20 Å². The quantitative estimate of drug-likeness (QED) is 0.475. The lowest BCUT2D eigenvalue weighted by atomic mass is 10.1. The van der Waals surface area contributed by atoms with Crippen LogP contribution in [0, 0.1) is 13.5 Å². The third kappa shape index (κ3) is 3.49. The third-order valence-electron chi connectivity index (χ3n) is 5.13. The van der Waals surface area contributed by atoms with Gasteiger partial charge < -0.3 is 5.73 Å². The summed E-state index contributed by atoms with van der Waals surface area (Å²) >= 11 is 0. The van der Waals surface area contributed by atoms with Gasteiger partial charge in [-0.3, -0.25) is 10.7 Å². The Kier molecular flexibility index (Phi) is 5.34. The molecule has 2 aliphatic rings. The number of aryl methyl sites for hydroxylation is 1. The number of piperidine rings is 1. The van der Waals surface area contributed by atoms with E-state index in [1.807, 2.05) is 6.92 Å². The number of hydrogen-bond donors (Lipinski definition) is 4. The van der Waals surface area contributed by atoms with E-state index in [-0.39, 0.29) is 12.3 Å². The van der Waals surface area contributed by atoms with Crippen molar-refractivity contribution in [1.29, 1.82) is 0 Å². The Labute approximate surface area is 163 Å². The topological polar surface area (TPSA) is 127 Å². The summed E-state index contributed by atoms with van der Waals surface area (Å²) < 4.78 is 3.49. The predicted molar refractivity (Wildman–Crippen MR) is 104 cm³/mol. The molecule has 0 radical (unpaired) electrons. The average molecular weight is 383 g/mol. The molecule has 2 aromatic heterocycles. The Morgan fingerprint density at radius 3 is 2.75 bits per heavy atom. The van der Waals surface area contributed by atoms with Crippen molar-refractivity contribution in [3.63, 3.8) is 0 Å². The van der Waals surface area contributed by atoms with E-state index in [4.69, 9.17) is 12.3 Å². The maximum absolute atomic E-state index is 7.40. The molecule has 2 saturated heterocycles. The summed E-state index contributed by atoms with van der Waals surface area (Å²) in [5, 5.41) is 21.0. The molecule has 0 bridgehead atoms. The Morgan fingerprint density at radius 1 is 1.18 bits per heavy atom. The molecule has 2 aliphatic heterocycles.